The first-order chi connectivity index (χ1) is 6.63. The number of benzene rings is 1. The molecule has 2 nitrogen and oxygen atoms in total. The minimum atomic E-state index is -0.584. The van der Waals surface area contributed by atoms with E-state index in [9.17, 15) is 4.39 Å². The molecule has 0 radical (unpaired) electrons. The average Bonchev–Trinajstić information content (AvgIpc) is 2.19. The van der Waals surface area contributed by atoms with Crippen LogP contribution < -0.4 is 4.74 Å². The second-order valence-corrected chi connectivity index (χ2v) is 3.75. The molecule has 0 fully saturated rings. The van der Waals surface area contributed by atoms with Crippen LogP contribution in [0.2, 0.25) is 5.02 Å². The number of halogens is 3. The van der Waals surface area contributed by atoms with Crippen molar-refractivity contribution < 1.29 is 14.2 Å². The van der Waals surface area contributed by atoms with Gasteiger partial charge in [0.05, 0.1) is 11.1 Å². The molecule has 14 heavy (non-hydrogen) atoms. The van der Waals surface area contributed by atoms with Crippen LogP contribution in [0.5, 0.6) is 5.75 Å². The van der Waals surface area contributed by atoms with Gasteiger partial charge in [-0.2, -0.15) is 0 Å². The Morgan fingerprint density at radius 3 is 2.86 bits per heavy atom. The Morgan fingerprint density at radius 1 is 1.57 bits per heavy atom. The molecule has 0 saturated carbocycles. The van der Waals surface area contributed by atoms with Crippen molar-refractivity contribution in [3.05, 3.63) is 29.0 Å². The number of aliphatic hydroxyl groups excluding tert-OH is 1. The van der Waals surface area contributed by atoms with Crippen molar-refractivity contribution >= 4 is 27.5 Å². The summed E-state index contributed by atoms with van der Waals surface area (Å²) in [6, 6.07) is 4.05. The van der Waals surface area contributed by atoms with Crippen molar-refractivity contribution in [2.75, 3.05) is 11.9 Å². The summed E-state index contributed by atoms with van der Waals surface area (Å²) in [6.45, 7) is 0.146. The van der Waals surface area contributed by atoms with E-state index in [1.54, 1.807) is 0 Å². The van der Waals surface area contributed by atoms with Gasteiger partial charge >= 0.3 is 0 Å². The Kier molecular flexibility index (Phi) is 4.65. The SMILES string of the molecule is OC(CBr)COc1ccc(F)c(Cl)c1. The molecule has 1 unspecified atom stereocenters. The van der Waals surface area contributed by atoms with Gasteiger partial charge in [0.1, 0.15) is 18.2 Å². The minimum absolute atomic E-state index is 0.0100. The molecule has 0 bridgehead atoms. The highest BCUT2D eigenvalue weighted by molar-refractivity contribution is 9.09. The lowest BCUT2D eigenvalue weighted by Crippen LogP contribution is -2.18. The molecule has 1 atom stereocenters. The highest BCUT2D eigenvalue weighted by Gasteiger charge is 2.05. The van der Waals surface area contributed by atoms with Gasteiger partial charge in [0.15, 0.2) is 0 Å². The Morgan fingerprint density at radius 2 is 2.29 bits per heavy atom. The quantitative estimate of drug-likeness (QED) is 0.861. The van der Waals surface area contributed by atoms with Crippen LogP contribution in [0, 0.1) is 5.82 Å². The molecule has 0 aromatic heterocycles. The van der Waals surface area contributed by atoms with Crippen LogP contribution in [0.4, 0.5) is 4.39 Å². The van der Waals surface area contributed by atoms with Crippen LogP contribution in [0.25, 0.3) is 0 Å². The second kappa shape index (κ2) is 5.53. The lowest BCUT2D eigenvalue weighted by atomic mass is 10.3. The molecule has 0 aliphatic rings. The lowest BCUT2D eigenvalue weighted by Gasteiger charge is -2.09. The van der Waals surface area contributed by atoms with Gasteiger partial charge in [0.25, 0.3) is 0 Å². The zero-order valence-corrected chi connectivity index (χ0v) is 9.55. The number of hydrogen-bond donors (Lipinski definition) is 1. The van der Waals surface area contributed by atoms with Crippen molar-refractivity contribution in [3.8, 4) is 5.75 Å². The standard InChI is InChI=1S/C9H9BrClFO2/c10-4-6(13)5-14-7-1-2-9(12)8(11)3-7/h1-3,6,13H,4-5H2. The van der Waals surface area contributed by atoms with Crippen molar-refractivity contribution in [2.45, 2.75) is 6.10 Å². The molecule has 0 spiro atoms. The minimum Gasteiger partial charge on any atom is -0.491 e. The Labute approximate surface area is 94.8 Å². The predicted molar refractivity (Wildman–Crippen MR) is 56.7 cm³/mol. The maximum Gasteiger partial charge on any atom is 0.142 e. The van der Waals surface area contributed by atoms with Crippen LogP contribution in [0.1, 0.15) is 0 Å². The number of rotatable bonds is 4. The first-order valence-corrected chi connectivity index (χ1v) is 5.45. The Hall–Kier alpha value is -0.320. The maximum absolute atomic E-state index is 12.7. The van der Waals surface area contributed by atoms with Crippen LogP contribution in [-0.2, 0) is 0 Å². The molecule has 1 rings (SSSR count). The summed E-state index contributed by atoms with van der Waals surface area (Å²) in [7, 11) is 0. The van der Waals surface area contributed by atoms with E-state index >= 15 is 0 Å². The van der Waals surface area contributed by atoms with Gasteiger partial charge in [-0.25, -0.2) is 4.39 Å². The fourth-order valence-electron chi connectivity index (χ4n) is 0.804. The maximum atomic E-state index is 12.7. The van der Waals surface area contributed by atoms with Crippen molar-refractivity contribution in [2.24, 2.45) is 0 Å². The van der Waals surface area contributed by atoms with E-state index < -0.39 is 11.9 Å². The molecule has 0 amide bonds. The van der Waals surface area contributed by atoms with Crippen LogP contribution in [0.3, 0.4) is 0 Å². The summed E-state index contributed by atoms with van der Waals surface area (Å²) in [5, 5.41) is 9.61. The summed E-state index contributed by atoms with van der Waals surface area (Å²) < 4.78 is 17.9. The zero-order chi connectivity index (χ0) is 10.6. The fraction of sp³-hybridized carbons (Fsp3) is 0.333. The van der Waals surface area contributed by atoms with E-state index in [4.69, 9.17) is 21.4 Å². The van der Waals surface area contributed by atoms with E-state index in [0.29, 0.717) is 11.1 Å². The molecule has 0 saturated heterocycles. The summed E-state index contributed by atoms with van der Waals surface area (Å²) in [5.74, 6) is -0.0449. The molecule has 0 aliphatic heterocycles. The van der Waals surface area contributed by atoms with Crippen LogP contribution in [-0.4, -0.2) is 23.1 Å². The highest BCUT2D eigenvalue weighted by Crippen LogP contribution is 2.21. The molecule has 78 valence electrons. The third-order valence-electron chi connectivity index (χ3n) is 1.51. The van der Waals surface area contributed by atoms with Crippen molar-refractivity contribution in [1.29, 1.82) is 0 Å². The Bertz CT molecular complexity index is 309. The van der Waals surface area contributed by atoms with Gasteiger partial charge in [0, 0.05) is 11.4 Å². The van der Waals surface area contributed by atoms with E-state index in [0.717, 1.165) is 0 Å². The van der Waals surface area contributed by atoms with Gasteiger partial charge in [0.2, 0.25) is 0 Å². The molecule has 1 N–H and O–H groups in total. The molecule has 0 aliphatic carbocycles. The molecular formula is C9H9BrClFO2. The summed E-state index contributed by atoms with van der Waals surface area (Å²) in [6.07, 6.45) is -0.584. The first kappa shape index (κ1) is 11.8. The summed E-state index contributed by atoms with van der Waals surface area (Å²) in [4.78, 5) is 0. The van der Waals surface area contributed by atoms with Crippen molar-refractivity contribution in [3.63, 3.8) is 0 Å². The molecule has 0 heterocycles. The third kappa shape index (κ3) is 3.44. The summed E-state index contributed by atoms with van der Waals surface area (Å²) in [5.41, 5.74) is 0. The van der Waals surface area contributed by atoms with E-state index in [1.807, 2.05) is 0 Å². The van der Waals surface area contributed by atoms with Crippen LogP contribution >= 0.6 is 27.5 Å². The molecule has 1 aromatic carbocycles. The highest BCUT2D eigenvalue weighted by atomic mass is 79.9. The van der Waals surface area contributed by atoms with Gasteiger partial charge in [-0.05, 0) is 12.1 Å². The third-order valence-corrected chi connectivity index (χ3v) is 2.55. The van der Waals surface area contributed by atoms with Gasteiger partial charge in [-0.1, -0.05) is 27.5 Å². The topological polar surface area (TPSA) is 29.5 Å². The predicted octanol–water partition coefficient (Wildman–Crippen LogP) is 2.61. The fourth-order valence-corrected chi connectivity index (χ4v) is 1.16. The van der Waals surface area contributed by atoms with Crippen molar-refractivity contribution in [1.82, 2.24) is 0 Å². The first-order valence-electron chi connectivity index (χ1n) is 3.95. The number of hydrogen-bond acceptors (Lipinski definition) is 2. The van der Waals surface area contributed by atoms with Gasteiger partial charge < -0.3 is 9.84 Å². The second-order valence-electron chi connectivity index (χ2n) is 2.70. The molecule has 5 heteroatoms. The monoisotopic (exact) mass is 282 g/mol. The number of alkyl halides is 1. The average molecular weight is 284 g/mol. The smallest absolute Gasteiger partial charge is 0.142 e. The number of aliphatic hydroxyl groups is 1. The number of ether oxygens (including phenoxy) is 1. The molecular weight excluding hydrogens is 274 g/mol. The molecule has 1 aromatic rings. The Balaban J connectivity index is 2.55. The lowest BCUT2D eigenvalue weighted by molar-refractivity contribution is 0.127. The van der Waals surface area contributed by atoms with Gasteiger partial charge in [-0.15, -0.1) is 0 Å². The van der Waals surface area contributed by atoms with E-state index in [1.165, 1.54) is 18.2 Å². The zero-order valence-electron chi connectivity index (χ0n) is 7.21. The largest absolute Gasteiger partial charge is 0.491 e. The summed E-state index contributed by atoms with van der Waals surface area (Å²) >= 11 is 8.63. The van der Waals surface area contributed by atoms with E-state index in [-0.39, 0.29) is 11.6 Å². The van der Waals surface area contributed by atoms with Gasteiger partial charge in [-0.3, -0.25) is 0 Å². The van der Waals surface area contributed by atoms with Crippen LogP contribution in [0.15, 0.2) is 18.2 Å². The normalized spacial score (nSPS) is 12.6. The van der Waals surface area contributed by atoms with E-state index in [2.05, 4.69) is 15.9 Å².